The molecule has 0 radical (unpaired) electrons. The Labute approximate surface area is 229 Å². The van der Waals surface area contributed by atoms with Gasteiger partial charge in [0.2, 0.25) is 5.91 Å². The van der Waals surface area contributed by atoms with E-state index in [1.807, 2.05) is 36.4 Å². The molecule has 0 spiro atoms. The maximum absolute atomic E-state index is 12.8. The van der Waals surface area contributed by atoms with E-state index in [-0.39, 0.29) is 12.5 Å². The molecule has 0 aliphatic rings. The molecule has 2 aromatic rings. The van der Waals surface area contributed by atoms with Crippen LogP contribution in [0.4, 0.5) is 9.59 Å². The summed E-state index contributed by atoms with van der Waals surface area (Å²) in [5.74, 6) is -0.328. The van der Waals surface area contributed by atoms with Crippen molar-refractivity contribution in [1.82, 2.24) is 16.0 Å². The number of amides is 3. The Bertz CT molecular complexity index is 1010. The zero-order valence-electron chi connectivity index (χ0n) is 22.3. The number of ether oxygens (including phenoxy) is 3. The number of alkyl carbamates (subject to hydrolysis) is 2. The van der Waals surface area contributed by atoms with Crippen molar-refractivity contribution in [3.63, 3.8) is 0 Å². The molecule has 0 aliphatic heterocycles. The maximum Gasteiger partial charge on any atom is 0.408 e. The second-order valence-electron chi connectivity index (χ2n) is 9.62. The van der Waals surface area contributed by atoms with Crippen LogP contribution < -0.4 is 16.0 Å². The number of nitrogens with one attached hydrogen (secondary N) is 3. The normalized spacial score (nSPS) is 11.8. The van der Waals surface area contributed by atoms with Crippen LogP contribution in [0.5, 0.6) is 0 Å². The van der Waals surface area contributed by atoms with Crippen molar-refractivity contribution < 1.29 is 28.6 Å². The van der Waals surface area contributed by atoms with Gasteiger partial charge in [-0.1, -0.05) is 60.1 Å². The minimum Gasteiger partial charge on any atom is -0.445 e. The Morgan fingerprint density at radius 2 is 1.58 bits per heavy atom. The van der Waals surface area contributed by atoms with Crippen LogP contribution in [0.25, 0.3) is 0 Å². The van der Waals surface area contributed by atoms with E-state index in [4.69, 9.17) is 25.8 Å². The van der Waals surface area contributed by atoms with E-state index in [2.05, 4.69) is 16.0 Å². The first-order valence-corrected chi connectivity index (χ1v) is 13.0. The smallest absolute Gasteiger partial charge is 0.408 e. The van der Waals surface area contributed by atoms with Crippen LogP contribution >= 0.6 is 11.6 Å². The van der Waals surface area contributed by atoms with Gasteiger partial charge in [-0.05, 0) is 51.7 Å². The van der Waals surface area contributed by atoms with Crippen LogP contribution in [0.2, 0.25) is 5.02 Å². The van der Waals surface area contributed by atoms with Gasteiger partial charge in [0.1, 0.15) is 18.2 Å². The molecule has 2 aromatic carbocycles. The molecule has 208 valence electrons. The summed E-state index contributed by atoms with van der Waals surface area (Å²) in [6.07, 6.45) is 0.303. The third kappa shape index (κ3) is 13.3. The fraction of sp³-hybridized carbons (Fsp3) is 0.464. The van der Waals surface area contributed by atoms with Crippen LogP contribution in [-0.4, -0.2) is 49.4 Å². The first kappa shape index (κ1) is 30.9. The molecule has 1 atom stereocenters. The highest BCUT2D eigenvalue weighted by atomic mass is 35.5. The summed E-state index contributed by atoms with van der Waals surface area (Å²) < 4.78 is 16.1. The van der Waals surface area contributed by atoms with Gasteiger partial charge < -0.3 is 30.2 Å². The molecule has 10 heteroatoms. The van der Waals surface area contributed by atoms with Gasteiger partial charge in [0.15, 0.2) is 0 Å². The zero-order valence-corrected chi connectivity index (χ0v) is 23.0. The summed E-state index contributed by atoms with van der Waals surface area (Å²) >= 11 is 6.06. The Kier molecular flexibility index (Phi) is 13.4. The van der Waals surface area contributed by atoms with Gasteiger partial charge in [-0.3, -0.25) is 4.79 Å². The quantitative estimate of drug-likeness (QED) is 0.288. The number of halogens is 1. The van der Waals surface area contributed by atoms with Crippen molar-refractivity contribution in [3.05, 3.63) is 70.7 Å². The number of hydrogen-bond acceptors (Lipinski definition) is 6. The summed E-state index contributed by atoms with van der Waals surface area (Å²) in [5.41, 5.74) is 1.08. The average Bonchev–Trinajstić information content (AvgIpc) is 2.86. The van der Waals surface area contributed by atoms with E-state index < -0.39 is 23.8 Å². The zero-order chi connectivity index (χ0) is 27.8. The van der Waals surface area contributed by atoms with Crippen molar-refractivity contribution in [3.8, 4) is 0 Å². The largest absolute Gasteiger partial charge is 0.445 e. The van der Waals surface area contributed by atoms with Gasteiger partial charge in [-0.25, -0.2) is 9.59 Å². The van der Waals surface area contributed by atoms with E-state index in [0.717, 1.165) is 11.1 Å². The molecule has 2 rings (SSSR count). The highest BCUT2D eigenvalue weighted by Gasteiger charge is 2.24. The molecule has 38 heavy (non-hydrogen) atoms. The number of carbonyl (C=O) groups excluding carboxylic acids is 3. The predicted molar refractivity (Wildman–Crippen MR) is 146 cm³/mol. The third-order valence-electron chi connectivity index (χ3n) is 5.17. The van der Waals surface area contributed by atoms with E-state index in [0.29, 0.717) is 50.6 Å². The molecule has 0 heterocycles. The molecule has 0 aromatic heterocycles. The van der Waals surface area contributed by atoms with E-state index in [1.54, 1.807) is 39.0 Å². The Morgan fingerprint density at radius 3 is 2.29 bits per heavy atom. The van der Waals surface area contributed by atoms with Crippen LogP contribution in [-0.2, 0) is 32.2 Å². The van der Waals surface area contributed by atoms with Crippen molar-refractivity contribution >= 4 is 29.7 Å². The number of carbonyl (C=O) groups is 3. The van der Waals surface area contributed by atoms with Crippen molar-refractivity contribution in [2.24, 2.45) is 0 Å². The second-order valence-corrected chi connectivity index (χ2v) is 10.0. The molecule has 0 aliphatic carbocycles. The van der Waals surface area contributed by atoms with Crippen LogP contribution in [0.1, 0.15) is 51.2 Å². The van der Waals surface area contributed by atoms with Crippen LogP contribution in [0.3, 0.4) is 0 Å². The summed E-state index contributed by atoms with van der Waals surface area (Å²) in [6, 6.07) is 16.1. The number of unbranched alkanes of at least 4 members (excludes halogenated alkanes) is 1. The number of benzene rings is 2. The lowest BCUT2D eigenvalue weighted by molar-refractivity contribution is -0.123. The standard InChI is InChI=1S/C28H38ClN3O6/c1-28(2,3)38-27(35)32-24(25(33)30-17-18-36-19-21-11-5-4-6-12-21)15-9-10-16-31-26(34)37-20-22-13-7-8-14-23(22)29/h4-8,11-14,24H,9-10,15-20H2,1-3H3,(H,30,33)(H,31,34)(H,32,35)/t24-/m0/s1. The van der Waals surface area contributed by atoms with Gasteiger partial charge in [-0.2, -0.15) is 0 Å². The topological polar surface area (TPSA) is 115 Å². The molecular formula is C28H38ClN3O6. The predicted octanol–water partition coefficient (Wildman–Crippen LogP) is 4.96. The average molecular weight is 548 g/mol. The maximum atomic E-state index is 12.8. The second kappa shape index (κ2) is 16.5. The number of hydrogen-bond donors (Lipinski definition) is 3. The van der Waals surface area contributed by atoms with Crippen LogP contribution in [0.15, 0.2) is 54.6 Å². The highest BCUT2D eigenvalue weighted by molar-refractivity contribution is 6.31. The lowest BCUT2D eigenvalue weighted by atomic mass is 10.1. The molecular weight excluding hydrogens is 510 g/mol. The molecule has 3 N–H and O–H groups in total. The summed E-state index contributed by atoms with van der Waals surface area (Å²) in [4.78, 5) is 37.0. The van der Waals surface area contributed by atoms with Gasteiger partial charge in [0, 0.05) is 23.7 Å². The first-order chi connectivity index (χ1) is 18.1. The monoisotopic (exact) mass is 547 g/mol. The molecule has 0 fully saturated rings. The Balaban J connectivity index is 1.72. The lowest BCUT2D eigenvalue weighted by Gasteiger charge is -2.23. The summed E-state index contributed by atoms with van der Waals surface area (Å²) in [7, 11) is 0. The van der Waals surface area contributed by atoms with E-state index in [1.165, 1.54) is 0 Å². The Morgan fingerprint density at radius 1 is 0.868 bits per heavy atom. The van der Waals surface area contributed by atoms with E-state index in [9.17, 15) is 14.4 Å². The van der Waals surface area contributed by atoms with Gasteiger partial charge in [0.05, 0.1) is 13.2 Å². The van der Waals surface area contributed by atoms with E-state index >= 15 is 0 Å². The lowest BCUT2D eigenvalue weighted by Crippen LogP contribution is -2.48. The number of rotatable bonds is 14. The van der Waals surface area contributed by atoms with Gasteiger partial charge in [-0.15, -0.1) is 0 Å². The molecule has 0 saturated heterocycles. The highest BCUT2D eigenvalue weighted by Crippen LogP contribution is 2.15. The molecule has 3 amide bonds. The minimum absolute atomic E-state index is 0.0720. The van der Waals surface area contributed by atoms with Crippen molar-refractivity contribution in [2.45, 2.75) is 64.9 Å². The van der Waals surface area contributed by atoms with Gasteiger partial charge >= 0.3 is 12.2 Å². The minimum atomic E-state index is -0.786. The van der Waals surface area contributed by atoms with Crippen LogP contribution in [0, 0.1) is 0 Å². The summed E-state index contributed by atoms with van der Waals surface area (Å²) in [6.45, 7) is 6.77. The Hall–Kier alpha value is -3.30. The SMILES string of the molecule is CC(C)(C)OC(=O)N[C@@H](CCCCNC(=O)OCc1ccccc1Cl)C(=O)NCCOCc1ccccc1. The fourth-order valence-corrected chi connectivity index (χ4v) is 3.52. The molecule has 0 saturated carbocycles. The van der Waals surface area contributed by atoms with Crippen molar-refractivity contribution in [1.29, 1.82) is 0 Å². The van der Waals surface area contributed by atoms with Gasteiger partial charge in [0.25, 0.3) is 0 Å². The first-order valence-electron chi connectivity index (χ1n) is 12.7. The summed E-state index contributed by atoms with van der Waals surface area (Å²) in [5, 5.41) is 8.65. The molecule has 0 unspecified atom stereocenters. The molecule has 0 bridgehead atoms. The third-order valence-corrected chi connectivity index (χ3v) is 5.54. The fourth-order valence-electron chi connectivity index (χ4n) is 3.33. The molecule has 9 nitrogen and oxygen atoms in total. The van der Waals surface area contributed by atoms with Crippen molar-refractivity contribution in [2.75, 3.05) is 19.7 Å².